The third-order valence-electron chi connectivity index (χ3n) is 3.79. The maximum Gasteiger partial charge on any atom is 0.274 e. The van der Waals surface area contributed by atoms with Crippen LogP contribution in [0.4, 0.5) is 0 Å². The van der Waals surface area contributed by atoms with Crippen molar-refractivity contribution >= 4 is 0 Å². The quantitative estimate of drug-likeness (QED) is 0.761. The van der Waals surface area contributed by atoms with E-state index in [2.05, 4.69) is 11.2 Å². The van der Waals surface area contributed by atoms with Gasteiger partial charge in [-0.2, -0.15) is 0 Å². The van der Waals surface area contributed by atoms with Gasteiger partial charge in [-0.15, -0.1) is 0 Å². The van der Waals surface area contributed by atoms with Crippen LogP contribution >= 0.6 is 0 Å². The Labute approximate surface area is 123 Å². The van der Waals surface area contributed by atoms with Gasteiger partial charge in [0.2, 0.25) is 0 Å². The molecule has 0 amide bonds. The van der Waals surface area contributed by atoms with Gasteiger partial charge < -0.3 is 0 Å². The summed E-state index contributed by atoms with van der Waals surface area (Å²) in [5, 5.41) is 3.25. The fourth-order valence-corrected chi connectivity index (χ4v) is 2.54. The highest BCUT2D eigenvalue weighted by Crippen LogP contribution is 2.21. The number of hydrogen-bond donors (Lipinski definition) is 1. The van der Waals surface area contributed by atoms with Crippen molar-refractivity contribution in [2.75, 3.05) is 0 Å². The van der Waals surface area contributed by atoms with E-state index < -0.39 is 0 Å². The Hall–Kier alpha value is -2.55. The van der Waals surface area contributed by atoms with E-state index in [-0.39, 0.29) is 5.56 Å². The number of rotatable bonds is 2. The minimum Gasteiger partial charge on any atom is -0.290 e. The van der Waals surface area contributed by atoms with Gasteiger partial charge in [-0.3, -0.25) is 9.89 Å². The summed E-state index contributed by atoms with van der Waals surface area (Å²) in [4.78, 5) is 12.6. The predicted molar refractivity (Wildman–Crippen MR) is 86.0 cm³/mol. The van der Waals surface area contributed by atoms with Crippen molar-refractivity contribution in [3.63, 3.8) is 0 Å². The lowest BCUT2D eigenvalue weighted by Crippen LogP contribution is -2.16. The number of H-pyrrole nitrogens is 1. The number of aryl methyl sites for hydroxylation is 2. The van der Waals surface area contributed by atoms with Crippen LogP contribution in [0.15, 0.2) is 53.3 Å². The highest BCUT2D eigenvalue weighted by Gasteiger charge is 2.14. The Morgan fingerprint density at radius 2 is 1.67 bits per heavy atom. The number of aromatic amines is 1. The zero-order valence-electron chi connectivity index (χ0n) is 12.5. The number of aromatic nitrogens is 2. The zero-order valence-corrected chi connectivity index (χ0v) is 12.5. The molecular formula is C18H18N2O. The predicted octanol–water partition coefficient (Wildman–Crippen LogP) is 3.76. The van der Waals surface area contributed by atoms with Crippen molar-refractivity contribution in [1.82, 2.24) is 9.78 Å². The van der Waals surface area contributed by atoms with Crippen molar-refractivity contribution in [3.05, 3.63) is 75.6 Å². The molecule has 0 atom stereocenters. The van der Waals surface area contributed by atoms with E-state index in [0.717, 1.165) is 33.6 Å². The minimum absolute atomic E-state index is 0.00236. The molecule has 3 aromatic rings. The topological polar surface area (TPSA) is 37.8 Å². The molecule has 2 aromatic carbocycles. The van der Waals surface area contributed by atoms with E-state index in [0.29, 0.717) is 0 Å². The van der Waals surface area contributed by atoms with Crippen LogP contribution in [0.25, 0.3) is 16.9 Å². The lowest BCUT2D eigenvalue weighted by molar-refractivity contribution is 0.842. The van der Waals surface area contributed by atoms with Crippen LogP contribution in [-0.2, 0) is 0 Å². The van der Waals surface area contributed by atoms with Crippen LogP contribution in [0.5, 0.6) is 0 Å². The zero-order chi connectivity index (χ0) is 15.0. The summed E-state index contributed by atoms with van der Waals surface area (Å²) in [7, 11) is 0. The molecule has 0 bridgehead atoms. The monoisotopic (exact) mass is 278 g/mol. The van der Waals surface area contributed by atoms with Crippen molar-refractivity contribution in [2.24, 2.45) is 0 Å². The molecule has 0 aliphatic heterocycles. The summed E-state index contributed by atoms with van der Waals surface area (Å²) >= 11 is 0. The minimum atomic E-state index is 0.00236. The number of hydrogen-bond acceptors (Lipinski definition) is 1. The molecule has 0 aliphatic carbocycles. The standard InChI is InChI=1S/C18H18N2O/c1-12-9-10-13(2)16(11-12)20-18(21)14(3)17(19-20)15-7-5-4-6-8-15/h4-11,19H,1-3H3. The van der Waals surface area contributed by atoms with E-state index in [1.165, 1.54) is 0 Å². The first kappa shape index (κ1) is 13.4. The highest BCUT2D eigenvalue weighted by atomic mass is 16.1. The highest BCUT2D eigenvalue weighted by molar-refractivity contribution is 5.63. The molecule has 0 aliphatic rings. The Balaban J connectivity index is 2.22. The van der Waals surface area contributed by atoms with E-state index in [1.807, 2.05) is 63.2 Å². The molecule has 1 aromatic heterocycles. The second-order valence-corrected chi connectivity index (χ2v) is 5.41. The van der Waals surface area contributed by atoms with E-state index in [9.17, 15) is 4.79 Å². The van der Waals surface area contributed by atoms with Gasteiger partial charge in [0.1, 0.15) is 0 Å². The summed E-state index contributed by atoms with van der Waals surface area (Å²) in [6, 6.07) is 16.1. The van der Waals surface area contributed by atoms with Gasteiger partial charge in [0, 0.05) is 5.56 Å². The Morgan fingerprint density at radius 1 is 0.952 bits per heavy atom. The van der Waals surface area contributed by atoms with E-state index in [4.69, 9.17) is 0 Å². The lowest BCUT2D eigenvalue weighted by atomic mass is 10.1. The summed E-state index contributed by atoms with van der Waals surface area (Å²) in [6.45, 7) is 5.91. The van der Waals surface area contributed by atoms with Gasteiger partial charge in [0.05, 0.1) is 11.4 Å². The van der Waals surface area contributed by atoms with Crippen molar-refractivity contribution in [2.45, 2.75) is 20.8 Å². The Morgan fingerprint density at radius 3 is 2.38 bits per heavy atom. The third kappa shape index (κ3) is 2.31. The average Bonchev–Trinajstić information content (AvgIpc) is 2.79. The van der Waals surface area contributed by atoms with Crippen molar-refractivity contribution in [3.8, 4) is 16.9 Å². The molecule has 21 heavy (non-hydrogen) atoms. The maximum atomic E-state index is 12.6. The van der Waals surface area contributed by atoms with Gasteiger partial charge in [0.25, 0.3) is 5.56 Å². The van der Waals surface area contributed by atoms with Gasteiger partial charge in [-0.25, -0.2) is 4.68 Å². The van der Waals surface area contributed by atoms with E-state index in [1.54, 1.807) is 4.68 Å². The first-order valence-electron chi connectivity index (χ1n) is 7.02. The molecule has 1 N–H and O–H groups in total. The normalized spacial score (nSPS) is 10.8. The molecule has 0 unspecified atom stereocenters. The van der Waals surface area contributed by atoms with Crippen LogP contribution in [0.3, 0.4) is 0 Å². The fraction of sp³-hybridized carbons (Fsp3) is 0.167. The first-order valence-corrected chi connectivity index (χ1v) is 7.02. The molecule has 0 radical (unpaired) electrons. The Kier molecular flexibility index (Phi) is 3.26. The van der Waals surface area contributed by atoms with Crippen LogP contribution in [0.1, 0.15) is 16.7 Å². The average molecular weight is 278 g/mol. The smallest absolute Gasteiger partial charge is 0.274 e. The summed E-state index contributed by atoms with van der Waals surface area (Å²) in [5.41, 5.74) is 5.76. The molecule has 1 heterocycles. The molecule has 3 nitrogen and oxygen atoms in total. The van der Waals surface area contributed by atoms with Gasteiger partial charge >= 0.3 is 0 Å². The molecular weight excluding hydrogens is 260 g/mol. The molecule has 0 saturated carbocycles. The van der Waals surface area contributed by atoms with Gasteiger partial charge in [0.15, 0.2) is 0 Å². The summed E-state index contributed by atoms with van der Waals surface area (Å²) < 4.78 is 1.64. The largest absolute Gasteiger partial charge is 0.290 e. The number of nitrogens with zero attached hydrogens (tertiary/aromatic N) is 1. The Bertz CT molecular complexity index is 841. The second-order valence-electron chi connectivity index (χ2n) is 5.41. The van der Waals surface area contributed by atoms with Gasteiger partial charge in [-0.1, -0.05) is 42.5 Å². The first-order chi connectivity index (χ1) is 10.1. The molecule has 0 saturated heterocycles. The van der Waals surface area contributed by atoms with E-state index >= 15 is 0 Å². The van der Waals surface area contributed by atoms with Crippen LogP contribution in [-0.4, -0.2) is 9.78 Å². The van der Waals surface area contributed by atoms with Crippen molar-refractivity contribution < 1.29 is 0 Å². The van der Waals surface area contributed by atoms with Crippen molar-refractivity contribution in [1.29, 1.82) is 0 Å². The molecule has 3 rings (SSSR count). The SMILES string of the molecule is Cc1ccc(C)c(-n2[nH]c(-c3ccccc3)c(C)c2=O)c1. The van der Waals surface area contributed by atoms with Gasteiger partial charge in [-0.05, 0) is 43.5 Å². The fourth-order valence-electron chi connectivity index (χ4n) is 2.54. The molecule has 0 fully saturated rings. The third-order valence-corrected chi connectivity index (χ3v) is 3.79. The molecule has 106 valence electrons. The number of nitrogens with one attached hydrogen (secondary N) is 1. The summed E-state index contributed by atoms with van der Waals surface area (Å²) in [6.07, 6.45) is 0. The van der Waals surface area contributed by atoms with Crippen LogP contribution in [0, 0.1) is 20.8 Å². The maximum absolute atomic E-state index is 12.6. The molecule has 0 spiro atoms. The molecule has 3 heteroatoms. The lowest BCUT2D eigenvalue weighted by Gasteiger charge is -2.07. The second kappa shape index (κ2) is 5.09. The van der Waals surface area contributed by atoms with Crippen LogP contribution < -0.4 is 5.56 Å². The summed E-state index contributed by atoms with van der Waals surface area (Å²) in [5.74, 6) is 0. The van der Waals surface area contributed by atoms with Crippen LogP contribution in [0.2, 0.25) is 0 Å². The number of benzene rings is 2.